The topological polar surface area (TPSA) is 55.4 Å². The fourth-order valence-electron chi connectivity index (χ4n) is 2.30. The third-order valence-electron chi connectivity index (χ3n) is 3.15. The Kier molecular flexibility index (Phi) is 4.04. The van der Waals surface area contributed by atoms with E-state index in [4.69, 9.17) is 4.74 Å². The SMILES string of the molecule is COC(=O)C1=C(C)NC(=O)C[C@H]1c1ccccc1Br. The van der Waals surface area contributed by atoms with Gasteiger partial charge in [-0.05, 0) is 18.6 Å². The van der Waals surface area contributed by atoms with Gasteiger partial charge in [0.1, 0.15) is 0 Å². The average molecular weight is 324 g/mol. The first-order valence-corrected chi connectivity index (χ1v) is 6.67. The van der Waals surface area contributed by atoms with Gasteiger partial charge in [0.15, 0.2) is 0 Å². The highest BCUT2D eigenvalue weighted by molar-refractivity contribution is 9.10. The number of hydrogen-bond acceptors (Lipinski definition) is 3. The Bertz CT molecular complexity index is 566. The zero-order valence-electron chi connectivity index (χ0n) is 10.7. The Morgan fingerprint density at radius 1 is 1.42 bits per heavy atom. The van der Waals surface area contributed by atoms with Crippen molar-refractivity contribution in [1.29, 1.82) is 0 Å². The molecule has 0 bridgehead atoms. The molecule has 4 nitrogen and oxygen atoms in total. The Morgan fingerprint density at radius 2 is 2.11 bits per heavy atom. The van der Waals surface area contributed by atoms with E-state index in [0.29, 0.717) is 11.3 Å². The van der Waals surface area contributed by atoms with Crippen LogP contribution in [-0.4, -0.2) is 19.0 Å². The first kappa shape index (κ1) is 13.8. The van der Waals surface area contributed by atoms with Crippen molar-refractivity contribution >= 4 is 27.8 Å². The molecule has 0 fully saturated rings. The van der Waals surface area contributed by atoms with Gasteiger partial charge in [-0.25, -0.2) is 4.79 Å². The minimum atomic E-state index is -0.404. The summed E-state index contributed by atoms with van der Waals surface area (Å²) in [6, 6.07) is 7.58. The number of benzene rings is 1. The fourth-order valence-corrected chi connectivity index (χ4v) is 2.87. The number of amides is 1. The molecular formula is C14H14BrNO3. The van der Waals surface area contributed by atoms with Crippen molar-refractivity contribution in [3.05, 3.63) is 45.6 Å². The molecule has 100 valence electrons. The molecule has 0 spiro atoms. The number of carbonyl (C=O) groups excluding carboxylic acids is 2. The van der Waals surface area contributed by atoms with Gasteiger partial charge in [0.2, 0.25) is 5.91 Å². The van der Waals surface area contributed by atoms with Crippen LogP contribution in [0.3, 0.4) is 0 Å². The summed E-state index contributed by atoms with van der Waals surface area (Å²) in [5.74, 6) is -0.777. The molecule has 1 aliphatic heterocycles. The number of hydrogen-bond donors (Lipinski definition) is 1. The molecule has 0 saturated carbocycles. The van der Waals surface area contributed by atoms with Gasteiger partial charge >= 0.3 is 5.97 Å². The van der Waals surface area contributed by atoms with E-state index in [1.54, 1.807) is 6.92 Å². The summed E-state index contributed by atoms with van der Waals surface area (Å²) in [5.41, 5.74) is 1.98. The van der Waals surface area contributed by atoms with Crippen LogP contribution in [-0.2, 0) is 14.3 Å². The predicted octanol–water partition coefficient (Wildman–Crippen LogP) is 2.50. The lowest BCUT2D eigenvalue weighted by atomic mass is 9.84. The number of ether oxygens (including phenoxy) is 1. The number of esters is 1. The van der Waals surface area contributed by atoms with Crippen molar-refractivity contribution < 1.29 is 14.3 Å². The van der Waals surface area contributed by atoms with Crippen molar-refractivity contribution in [2.75, 3.05) is 7.11 Å². The zero-order chi connectivity index (χ0) is 14.0. The van der Waals surface area contributed by atoms with Gasteiger partial charge in [0.05, 0.1) is 12.7 Å². The molecule has 1 atom stereocenters. The van der Waals surface area contributed by atoms with E-state index < -0.39 is 5.97 Å². The molecule has 0 aliphatic carbocycles. The van der Waals surface area contributed by atoms with Crippen molar-refractivity contribution in [2.45, 2.75) is 19.3 Å². The van der Waals surface area contributed by atoms with Crippen LogP contribution in [0.1, 0.15) is 24.8 Å². The van der Waals surface area contributed by atoms with Crippen LogP contribution >= 0.6 is 15.9 Å². The van der Waals surface area contributed by atoms with Crippen molar-refractivity contribution in [3.63, 3.8) is 0 Å². The highest BCUT2D eigenvalue weighted by Crippen LogP contribution is 2.36. The van der Waals surface area contributed by atoms with Crippen LogP contribution in [0.4, 0.5) is 0 Å². The molecule has 0 aromatic heterocycles. The van der Waals surface area contributed by atoms with Crippen molar-refractivity contribution in [1.82, 2.24) is 5.32 Å². The molecule has 5 heteroatoms. The Labute approximate surface area is 120 Å². The van der Waals surface area contributed by atoms with Crippen LogP contribution in [0.15, 0.2) is 40.0 Å². The maximum atomic E-state index is 11.9. The summed E-state index contributed by atoms with van der Waals surface area (Å²) < 4.78 is 5.70. The molecule has 2 rings (SSSR count). The highest BCUT2D eigenvalue weighted by Gasteiger charge is 2.33. The number of carbonyl (C=O) groups is 2. The van der Waals surface area contributed by atoms with Crippen LogP contribution in [0.2, 0.25) is 0 Å². The van der Waals surface area contributed by atoms with Crippen molar-refractivity contribution in [2.24, 2.45) is 0 Å². The number of rotatable bonds is 2. The largest absolute Gasteiger partial charge is 0.466 e. The minimum Gasteiger partial charge on any atom is -0.466 e. The second kappa shape index (κ2) is 5.57. The van der Waals surface area contributed by atoms with Gasteiger partial charge in [0, 0.05) is 22.5 Å². The van der Waals surface area contributed by atoms with Gasteiger partial charge in [-0.2, -0.15) is 0 Å². The van der Waals surface area contributed by atoms with Crippen molar-refractivity contribution in [3.8, 4) is 0 Å². The van der Waals surface area contributed by atoms with Gasteiger partial charge in [-0.1, -0.05) is 34.1 Å². The van der Waals surface area contributed by atoms with Crippen LogP contribution in [0.25, 0.3) is 0 Å². The first-order valence-electron chi connectivity index (χ1n) is 5.88. The number of halogens is 1. The highest BCUT2D eigenvalue weighted by atomic mass is 79.9. The van der Waals surface area contributed by atoms with Crippen LogP contribution in [0, 0.1) is 0 Å². The third-order valence-corrected chi connectivity index (χ3v) is 3.88. The maximum Gasteiger partial charge on any atom is 0.336 e. The molecule has 1 N–H and O–H groups in total. The van der Waals surface area contributed by atoms with E-state index >= 15 is 0 Å². The Balaban J connectivity index is 2.53. The lowest BCUT2D eigenvalue weighted by Gasteiger charge is -2.26. The predicted molar refractivity (Wildman–Crippen MR) is 74.4 cm³/mol. The van der Waals surface area contributed by atoms with E-state index in [1.807, 2.05) is 24.3 Å². The van der Waals surface area contributed by atoms with Gasteiger partial charge in [-0.3, -0.25) is 4.79 Å². The molecule has 0 radical (unpaired) electrons. The quantitative estimate of drug-likeness (QED) is 0.851. The van der Waals surface area contributed by atoms with E-state index in [-0.39, 0.29) is 18.2 Å². The maximum absolute atomic E-state index is 11.9. The molecule has 1 aromatic rings. The summed E-state index contributed by atoms with van der Waals surface area (Å²) >= 11 is 3.46. The molecule has 1 aromatic carbocycles. The van der Waals surface area contributed by atoms with E-state index in [1.165, 1.54) is 7.11 Å². The minimum absolute atomic E-state index is 0.0918. The number of allylic oxidation sites excluding steroid dienone is 1. The molecule has 1 aliphatic rings. The van der Waals surface area contributed by atoms with Gasteiger partial charge < -0.3 is 10.1 Å². The molecule has 0 unspecified atom stereocenters. The average Bonchev–Trinajstić information content (AvgIpc) is 2.37. The number of methoxy groups -OCH3 is 1. The third kappa shape index (κ3) is 2.71. The first-order chi connectivity index (χ1) is 9.04. The van der Waals surface area contributed by atoms with Gasteiger partial charge in [0.25, 0.3) is 0 Å². The standard InChI is InChI=1S/C14H14BrNO3/c1-8-13(14(18)19-2)10(7-12(17)16-8)9-5-3-4-6-11(9)15/h3-6,10H,7H2,1-2H3,(H,16,17)/t10-/m0/s1. The molecule has 1 heterocycles. The molecule has 1 amide bonds. The molecule has 19 heavy (non-hydrogen) atoms. The summed E-state index contributed by atoms with van der Waals surface area (Å²) in [4.78, 5) is 23.6. The Morgan fingerprint density at radius 3 is 2.74 bits per heavy atom. The number of nitrogens with one attached hydrogen (secondary N) is 1. The van der Waals surface area contributed by atoms with E-state index in [2.05, 4.69) is 21.2 Å². The van der Waals surface area contributed by atoms with Gasteiger partial charge in [-0.15, -0.1) is 0 Å². The fraction of sp³-hybridized carbons (Fsp3) is 0.286. The lowest BCUT2D eigenvalue weighted by molar-refractivity contribution is -0.136. The molecule has 0 saturated heterocycles. The monoisotopic (exact) mass is 323 g/mol. The second-order valence-corrected chi connectivity index (χ2v) is 5.21. The zero-order valence-corrected chi connectivity index (χ0v) is 12.3. The van der Waals surface area contributed by atoms with Crippen LogP contribution in [0.5, 0.6) is 0 Å². The van der Waals surface area contributed by atoms with E-state index in [9.17, 15) is 9.59 Å². The summed E-state index contributed by atoms with van der Waals surface area (Å²) in [5, 5.41) is 2.69. The second-order valence-electron chi connectivity index (χ2n) is 4.36. The normalized spacial score (nSPS) is 19.1. The summed E-state index contributed by atoms with van der Waals surface area (Å²) in [6.45, 7) is 1.72. The smallest absolute Gasteiger partial charge is 0.336 e. The van der Waals surface area contributed by atoms with E-state index in [0.717, 1.165) is 10.0 Å². The summed E-state index contributed by atoms with van der Waals surface area (Å²) in [6.07, 6.45) is 0.240. The lowest BCUT2D eigenvalue weighted by Crippen LogP contribution is -2.34. The summed E-state index contributed by atoms with van der Waals surface area (Å²) in [7, 11) is 1.34. The Hall–Kier alpha value is -1.62. The molecular weight excluding hydrogens is 310 g/mol. The van der Waals surface area contributed by atoms with Crippen LogP contribution < -0.4 is 5.32 Å².